The summed E-state index contributed by atoms with van der Waals surface area (Å²) < 4.78 is 1.95. The van der Waals surface area contributed by atoms with Crippen molar-refractivity contribution in [2.75, 3.05) is 6.54 Å². The number of hydrogen-bond donors (Lipinski definition) is 1. The van der Waals surface area contributed by atoms with Gasteiger partial charge < -0.3 is 9.88 Å². The zero-order valence-corrected chi connectivity index (χ0v) is 15.3. The second-order valence-electron chi connectivity index (χ2n) is 5.91. The molecule has 0 aliphatic heterocycles. The van der Waals surface area contributed by atoms with E-state index in [1.807, 2.05) is 29.7 Å². The highest BCUT2D eigenvalue weighted by molar-refractivity contribution is 7.98. The van der Waals surface area contributed by atoms with E-state index >= 15 is 0 Å². The first-order valence-corrected chi connectivity index (χ1v) is 9.42. The van der Waals surface area contributed by atoms with Gasteiger partial charge in [-0.05, 0) is 30.5 Å². The summed E-state index contributed by atoms with van der Waals surface area (Å²) in [4.78, 5) is 21.1. The number of amides is 1. The fourth-order valence-electron chi connectivity index (χ4n) is 2.59. The normalized spacial score (nSPS) is 11.0. The lowest BCUT2D eigenvalue weighted by Crippen LogP contribution is -2.28. The van der Waals surface area contributed by atoms with Crippen LogP contribution in [0.15, 0.2) is 47.9 Å². The molecule has 0 aliphatic carbocycles. The summed E-state index contributed by atoms with van der Waals surface area (Å²) in [6.45, 7) is 5.11. The van der Waals surface area contributed by atoms with Gasteiger partial charge in [-0.1, -0.05) is 43.0 Å². The van der Waals surface area contributed by atoms with Crippen molar-refractivity contribution in [2.45, 2.75) is 37.7 Å². The minimum absolute atomic E-state index is 0.00254. The number of thioether (sulfide) groups is 1. The fraction of sp³-hybridized carbons (Fsp3) is 0.316. The molecule has 1 N–H and O–H groups in total. The van der Waals surface area contributed by atoms with Crippen molar-refractivity contribution >= 4 is 28.7 Å². The monoisotopic (exact) mass is 354 g/mol. The average molecular weight is 354 g/mol. The van der Waals surface area contributed by atoms with E-state index in [-0.39, 0.29) is 12.5 Å². The van der Waals surface area contributed by atoms with Crippen molar-refractivity contribution in [2.24, 2.45) is 0 Å². The molecule has 0 spiro atoms. The number of fused-ring (bicyclic) bond motifs is 1. The molecule has 0 aliphatic rings. The number of aromatic nitrogens is 3. The average Bonchev–Trinajstić information content (AvgIpc) is 2.97. The Hall–Kier alpha value is -2.34. The minimum Gasteiger partial charge on any atom is -0.355 e. The lowest BCUT2D eigenvalue weighted by atomic mass is 10.1. The van der Waals surface area contributed by atoms with E-state index < -0.39 is 0 Å². The van der Waals surface area contributed by atoms with Gasteiger partial charge in [-0.2, -0.15) is 0 Å². The Morgan fingerprint density at radius 1 is 1.28 bits per heavy atom. The molecule has 2 aromatic heterocycles. The molecule has 0 saturated carbocycles. The first-order chi connectivity index (χ1) is 12.2. The SMILES string of the molecule is CCCNC(=O)Cn1c(SCc2ccccc2C)nc2ccncc21. The van der Waals surface area contributed by atoms with Crippen molar-refractivity contribution in [1.82, 2.24) is 19.9 Å². The van der Waals surface area contributed by atoms with Gasteiger partial charge in [0.05, 0.1) is 17.2 Å². The Kier molecular flexibility index (Phi) is 5.71. The van der Waals surface area contributed by atoms with Crippen LogP contribution in [0, 0.1) is 6.92 Å². The van der Waals surface area contributed by atoms with E-state index in [0.717, 1.165) is 28.4 Å². The maximum atomic E-state index is 12.2. The number of rotatable bonds is 7. The molecule has 0 radical (unpaired) electrons. The second-order valence-corrected chi connectivity index (χ2v) is 6.85. The van der Waals surface area contributed by atoms with E-state index in [0.29, 0.717) is 6.54 Å². The summed E-state index contributed by atoms with van der Waals surface area (Å²) in [5, 5.41) is 3.77. The van der Waals surface area contributed by atoms with Gasteiger partial charge in [0.2, 0.25) is 5.91 Å². The van der Waals surface area contributed by atoms with Gasteiger partial charge in [-0.25, -0.2) is 4.98 Å². The lowest BCUT2D eigenvalue weighted by molar-refractivity contribution is -0.121. The number of carbonyl (C=O) groups is 1. The number of nitrogens with one attached hydrogen (secondary N) is 1. The van der Waals surface area contributed by atoms with Crippen LogP contribution in [0.2, 0.25) is 0 Å². The predicted molar refractivity (Wildman–Crippen MR) is 102 cm³/mol. The predicted octanol–water partition coefficient (Wildman–Crippen LogP) is 3.56. The third kappa shape index (κ3) is 4.20. The number of imidazole rings is 1. The summed E-state index contributed by atoms with van der Waals surface area (Å²) in [6.07, 6.45) is 4.42. The summed E-state index contributed by atoms with van der Waals surface area (Å²) in [7, 11) is 0. The molecule has 0 unspecified atom stereocenters. The fourth-order valence-corrected chi connectivity index (χ4v) is 3.68. The molecule has 0 atom stereocenters. The van der Waals surface area contributed by atoms with E-state index in [1.165, 1.54) is 11.1 Å². The molecule has 0 fully saturated rings. The maximum Gasteiger partial charge on any atom is 0.240 e. The highest BCUT2D eigenvalue weighted by Crippen LogP contribution is 2.27. The molecule has 6 heteroatoms. The number of benzene rings is 1. The van der Waals surface area contributed by atoms with Crippen molar-refractivity contribution in [3.05, 3.63) is 53.9 Å². The summed E-state index contributed by atoms with van der Waals surface area (Å²) >= 11 is 1.65. The highest BCUT2D eigenvalue weighted by atomic mass is 32.2. The molecule has 130 valence electrons. The summed E-state index contributed by atoms with van der Waals surface area (Å²) in [5.74, 6) is 0.822. The molecule has 2 heterocycles. The van der Waals surface area contributed by atoms with Gasteiger partial charge in [0, 0.05) is 18.5 Å². The van der Waals surface area contributed by atoms with Gasteiger partial charge >= 0.3 is 0 Å². The number of pyridine rings is 1. The molecular formula is C19H22N4OS. The minimum atomic E-state index is 0.00254. The van der Waals surface area contributed by atoms with Crippen molar-refractivity contribution in [1.29, 1.82) is 0 Å². The Morgan fingerprint density at radius 2 is 2.12 bits per heavy atom. The van der Waals surface area contributed by atoms with E-state index in [1.54, 1.807) is 24.2 Å². The Bertz CT molecular complexity index is 875. The van der Waals surface area contributed by atoms with Gasteiger partial charge in [0.25, 0.3) is 0 Å². The zero-order valence-electron chi connectivity index (χ0n) is 14.5. The van der Waals surface area contributed by atoms with Gasteiger partial charge in [-0.15, -0.1) is 0 Å². The molecule has 1 amide bonds. The van der Waals surface area contributed by atoms with Crippen molar-refractivity contribution in [3.8, 4) is 0 Å². The first-order valence-electron chi connectivity index (χ1n) is 8.43. The van der Waals surface area contributed by atoms with Crippen molar-refractivity contribution in [3.63, 3.8) is 0 Å². The molecule has 5 nitrogen and oxygen atoms in total. The largest absolute Gasteiger partial charge is 0.355 e. The first kappa shape index (κ1) is 17.5. The number of aryl methyl sites for hydroxylation is 1. The number of nitrogens with zero attached hydrogens (tertiary/aromatic N) is 3. The molecule has 3 rings (SSSR count). The summed E-state index contributed by atoms with van der Waals surface area (Å²) in [6, 6.07) is 10.2. The third-order valence-corrected chi connectivity index (χ3v) is 5.03. The van der Waals surface area contributed by atoms with Gasteiger partial charge in [-0.3, -0.25) is 9.78 Å². The van der Waals surface area contributed by atoms with Crippen LogP contribution in [0.5, 0.6) is 0 Å². The standard InChI is InChI=1S/C19H22N4OS/c1-3-9-21-18(24)12-23-17-11-20-10-8-16(17)22-19(23)25-13-15-7-5-4-6-14(15)2/h4-8,10-11H,3,9,12-13H2,1-2H3,(H,21,24). The van der Waals surface area contributed by atoms with Crippen molar-refractivity contribution < 1.29 is 4.79 Å². The summed E-state index contributed by atoms with van der Waals surface area (Å²) in [5.41, 5.74) is 4.30. The molecule has 25 heavy (non-hydrogen) atoms. The zero-order chi connectivity index (χ0) is 17.6. The van der Waals surface area contributed by atoms with E-state index in [4.69, 9.17) is 4.98 Å². The maximum absolute atomic E-state index is 12.2. The lowest BCUT2D eigenvalue weighted by Gasteiger charge is -2.10. The highest BCUT2D eigenvalue weighted by Gasteiger charge is 2.14. The van der Waals surface area contributed by atoms with Gasteiger partial charge in [0.1, 0.15) is 6.54 Å². The van der Waals surface area contributed by atoms with Crippen LogP contribution < -0.4 is 5.32 Å². The van der Waals surface area contributed by atoms with Crippen LogP contribution in [-0.2, 0) is 17.1 Å². The molecule has 1 aromatic carbocycles. The molecular weight excluding hydrogens is 332 g/mol. The van der Waals surface area contributed by atoms with Crippen LogP contribution in [0.1, 0.15) is 24.5 Å². The number of hydrogen-bond acceptors (Lipinski definition) is 4. The Balaban J connectivity index is 1.85. The van der Waals surface area contributed by atoms with Crippen LogP contribution >= 0.6 is 11.8 Å². The molecule has 0 bridgehead atoms. The van der Waals surface area contributed by atoms with Crippen LogP contribution in [-0.4, -0.2) is 27.0 Å². The topological polar surface area (TPSA) is 59.8 Å². The number of carbonyl (C=O) groups excluding carboxylic acids is 1. The van der Waals surface area contributed by atoms with Crippen LogP contribution in [0.25, 0.3) is 11.0 Å². The van der Waals surface area contributed by atoms with E-state index in [2.05, 4.69) is 29.4 Å². The Morgan fingerprint density at radius 3 is 2.92 bits per heavy atom. The quantitative estimate of drug-likeness (QED) is 0.659. The molecule has 0 saturated heterocycles. The molecule has 3 aromatic rings. The van der Waals surface area contributed by atoms with Gasteiger partial charge in [0.15, 0.2) is 5.16 Å². The second kappa shape index (κ2) is 8.16. The smallest absolute Gasteiger partial charge is 0.240 e. The van der Waals surface area contributed by atoms with Crippen LogP contribution in [0.4, 0.5) is 0 Å². The third-order valence-electron chi connectivity index (χ3n) is 4.01. The Labute approximate surface area is 151 Å². The van der Waals surface area contributed by atoms with E-state index in [9.17, 15) is 4.79 Å². The van der Waals surface area contributed by atoms with Crippen LogP contribution in [0.3, 0.4) is 0 Å².